The zero-order valence-corrected chi connectivity index (χ0v) is 15.7. The summed E-state index contributed by atoms with van der Waals surface area (Å²) in [6, 6.07) is 12.1. The Balaban J connectivity index is 1.83. The van der Waals surface area contributed by atoms with Gasteiger partial charge in [0.25, 0.3) is 0 Å². The number of rotatable bonds is 3. The van der Waals surface area contributed by atoms with Gasteiger partial charge in [0, 0.05) is 17.0 Å². The second kappa shape index (κ2) is 6.52. The van der Waals surface area contributed by atoms with Crippen LogP contribution in [-0.2, 0) is 0 Å². The van der Waals surface area contributed by atoms with Gasteiger partial charge in [0.05, 0.1) is 22.0 Å². The van der Waals surface area contributed by atoms with Gasteiger partial charge in [-0.05, 0) is 38.1 Å². The number of halogens is 1. The average molecular weight is 380 g/mol. The molecule has 0 saturated heterocycles. The van der Waals surface area contributed by atoms with Crippen LogP contribution in [-0.4, -0.2) is 19.7 Å². The van der Waals surface area contributed by atoms with E-state index in [2.05, 4.69) is 21.1 Å². The Morgan fingerprint density at radius 2 is 2.12 bits per heavy atom. The Morgan fingerprint density at radius 3 is 2.85 bits per heavy atom. The van der Waals surface area contributed by atoms with Crippen molar-refractivity contribution in [2.24, 2.45) is 0 Å². The molecule has 0 saturated carbocycles. The van der Waals surface area contributed by atoms with Crippen molar-refractivity contribution >= 4 is 55.8 Å². The molecule has 26 heavy (non-hydrogen) atoms. The summed E-state index contributed by atoms with van der Waals surface area (Å²) < 4.78 is 2.87. The number of benzene rings is 1. The van der Waals surface area contributed by atoms with E-state index in [1.54, 1.807) is 12.3 Å². The molecule has 5 nitrogen and oxygen atoms in total. The summed E-state index contributed by atoms with van der Waals surface area (Å²) in [5.74, 6) is 0. The molecule has 0 aliphatic rings. The lowest BCUT2D eigenvalue weighted by atomic mass is 10.1. The molecule has 0 aliphatic heterocycles. The highest BCUT2D eigenvalue weighted by molar-refractivity contribution is 7.19. The zero-order valence-electron chi connectivity index (χ0n) is 14.1. The van der Waals surface area contributed by atoms with E-state index < -0.39 is 0 Å². The molecule has 0 spiro atoms. The van der Waals surface area contributed by atoms with Crippen molar-refractivity contribution in [3.8, 4) is 6.07 Å². The molecule has 7 heteroatoms. The van der Waals surface area contributed by atoms with Crippen LogP contribution in [0.1, 0.15) is 30.5 Å². The SMILES string of the molecule is CC(C)n1ncc2cc(C=C(C#N)c3nc4ccccc4s3)c(Cl)nc21. The predicted molar refractivity (Wildman–Crippen MR) is 106 cm³/mol. The van der Waals surface area contributed by atoms with E-state index in [0.717, 1.165) is 21.3 Å². The van der Waals surface area contributed by atoms with Crippen LogP contribution < -0.4 is 0 Å². The summed E-state index contributed by atoms with van der Waals surface area (Å²) in [6.45, 7) is 4.08. The van der Waals surface area contributed by atoms with Crippen LogP contribution in [0.15, 0.2) is 36.5 Å². The van der Waals surface area contributed by atoms with Gasteiger partial charge < -0.3 is 0 Å². The topological polar surface area (TPSA) is 67.4 Å². The van der Waals surface area contributed by atoms with Crippen LogP contribution in [0.3, 0.4) is 0 Å². The molecule has 0 fully saturated rings. The molecule has 0 N–H and O–H groups in total. The Kier molecular flexibility index (Phi) is 4.19. The summed E-state index contributed by atoms with van der Waals surface area (Å²) in [6.07, 6.45) is 3.50. The van der Waals surface area contributed by atoms with E-state index >= 15 is 0 Å². The highest BCUT2D eigenvalue weighted by Crippen LogP contribution is 2.30. The first-order chi connectivity index (χ1) is 12.6. The van der Waals surface area contributed by atoms with Crippen LogP contribution in [0.25, 0.3) is 32.9 Å². The molecule has 128 valence electrons. The first-order valence-electron chi connectivity index (χ1n) is 8.08. The van der Waals surface area contributed by atoms with Crippen molar-refractivity contribution in [1.29, 1.82) is 5.26 Å². The fourth-order valence-corrected chi connectivity index (χ4v) is 3.86. The van der Waals surface area contributed by atoms with Crippen molar-refractivity contribution in [2.45, 2.75) is 19.9 Å². The third-order valence-electron chi connectivity index (χ3n) is 3.98. The molecule has 0 aliphatic carbocycles. The molecule has 0 amide bonds. The van der Waals surface area contributed by atoms with Crippen molar-refractivity contribution in [1.82, 2.24) is 19.7 Å². The number of hydrogen-bond acceptors (Lipinski definition) is 5. The van der Waals surface area contributed by atoms with Gasteiger partial charge in [-0.2, -0.15) is 10.4 Å². The number of thiazole rings is 1. The second-order valence-corrected chi connectivity index (χ2v) is 7.51. The van der Waals surface area contributed by atoms with Crippen LogP contribution in [0.4, 0.5) is 0 Å². The number of nitriles is 1. The highest BCUT2D eigenvalue weighted by Gasteiger charge is 2.13. The first kappa shape index (κ1) is 16.7. The van der Waals surface area contributed by atoms with E-state index in [4.69, 9.17) is 11.6 Å². The molecule has 1 aromatic carbocycles. The van der Waals surface area contributed by atoms with Crippen LogP contribution >= 0.6 is 22.9 Å². The molecule has 0 unspecified atom stereocenters. The van der Waals surface area contributed by atoms with Gasteiger partial charge in [-0.1, -0.05) is 23.7 Å². The first-order valence-corrected chi connectivity index (χ1v) is 9.28. The second-order valence-electron chi connectivity index (χ2n) is 6.12. The van der Waals surface area contributed by atoms with Crippen molar-refractivity contribution in [2.75, 3.05) is 0 Å². The maximum atomic E-state index is 9.62. The number of para-hydroxylation sites is 1. The molecular formula is C19H14ClN5S. The summed E-state index contributed by atoms with van der Waals surface area (Å²) in [5, 5.41) is 15.9. The number of pyridine rings is 1. The van der Waals surface area contributed by atoms with E-state index in [1.807, 2.05) is 48.9 Å². The number of allylic oxidation sites excluding steroid dienone is 1. The van der Waals surface area contributed by atoms with E-state index in [-0.39, 0.29) is 6.04 Å². The molecule has 0 bridgehead atoms. The van der Waals surface area contributed by atoms with Crippen molar-refractivity contribution in [3.63, 3.8) is 0 Å². The smallest absolute Gasteiger partial charge is 0.159 e. The fraction of sp³-hybridized carbons (Fsp3) is 0.158. The molecule has 0 radical (unpaired) electrons. The van der Waals surface area contributed by atoms with Crippen LogP contribution in [0, 0.1) is 11.3 Å². The van der Waals surface area contributed by atoms with E-state index in [1.165, 1.54) is 11.3 Å². The summed E-state index contributed by atoms with van der Waals surface area (Å²) in [5.41, 5.74) is 2.76. The maximum Gasteiger partial charge on any atom is 0.159 e. The fourth-order valence-electron chi connectivity index (χ4n) is 2.74. The zero-order chi connectivity index (χ0) is 18.3. The van der Waals surface area contributed by atoms with Gasteiger partial charge in [0.1, 0.15) is 16.2 Å². The monoisotopic (exact) mass is 379 g/mol. The van der Waals surface area contributed by atoms with E-state index in [9.17, 15) is 5.26 Å². The number of fused-ring (bicyclic) bond motifs is 2. The Bertz CT molecular complexity index is 1160. The average Bonchev–Trinajstić information content (AvgIpc) is 3.23. The van der Waals surface area contributed by atoms with Gasteiger partial charge in [-0.25, -0.2) is 14.6 Å². The minimum Gasteiger partial charge on any atom is -0.245 e. The summed E-state index contributed by atoms with van der Waals surface area (Å²) in [4.78, 5) is 9.02. The molecule has 4 rings (SSSR count). The maximum absolute atomic E-state index is 9.62. The normalized spacial score (nSPS) is 12.2. The number of aromatic nitrogens is 4. The quantitative estimate of drug-likeness (QED) is 0.356. The summed E-state index contributed by atoms with van der Waals surface area (Å²) in [7, 11) is 0. The lowest BCUT2D eigenvalue weighted by molar-refractivity contribution is 0.546. The predicted octanol–water partition coefficient (Wildman–Crippen LogP) is 5.34. The lowest BCUT2D eigenvalue weighted by Gasteiger charge is -2.07. The summed E-state index contributed by atoms with van der Waals surface area (Å²) >= 11 is 7.87. The standard InChI is InChI=1S/C19H14ClN5S/c1-11(2)25-18-14(10-22-25)8-12(17(20)24-18)7-13(9-21)19-23-15-5-3-4-6-16(15)26-19/h3-8,10-11H,1-2H3. The Labute approximate surface area is 159 Å². The number of hydrogen-bond donors (Lipinski definition) is 0. The third-order valence-corrected chi connectivity index (χ3v) is 5.36. The molecule has 4 aromatic rings. The highest BCUT2D eigenvalue weighted by atomic mass is 35.5. The minimum atomic E-state index is 0.190. The number of nitrogens with zero attached hydrogens (tertiary/aromatic N) is 5. The van der Waals surface area contributed by atoms with Crippen molar-refractivity contribution < 1.29 is 0 Å². The van der Waals surface area contributed by atoms with Gasteiger partial charge in [0.15, 0.2) is 5.65 Å². The third kappa shape index (κ3) is 2.85. The van der Waals surface area contributed by atoms with Gasteiger partial charge in [0.2, 0.25) is 0 Å². The van der Waals surface area contributed by atoms with Gasteiger partial charge >= 0.3 is 0 Å². The van der Waals surface area contributed by atoms with Gasteiger partial charge in [-0.3, -0.25) is 0 Å². The van der Waals surface area contributed by atoms with Crippen LogP contribution in [0.5, 0.6) is 0 Å². The van der Waals surface area contributed by atoms with E-state index in [0.29, 0.717) is 21.3 Å². The molecule has 3 aromatic heterocycles. The lowest BCUT2D eigenvalue weighted by Crippen LogP contribution is -2.03. The molecular weight excluding hydrogens is 366 g/mol. The minimum absolute atomic E-state index is 0.190. The Morgan fingerprint density at radius 1 is 1.31 bits per heavy atom. The van der Waals surface area contributed by atoms with Crippen LogP contribution in [0.2, 0.25) is 5.15 Å². The molecule has 0 atom stereocenters. The van der Waals surface area contributed by atoms with Crippen molar-refractivity contribution in [3.05, 3.63) is 52.3 Å². The largest absolute Gasteiger partial charge is 0.245 e. The molecule has 3 heterocycles. The Hall–Kier alpha value is -2.75. The van der Waals surface area contributed by atoms with Gasteiger partial charge in [-0.15, -0.1) is 11.3 Å².